The molecule has 76 valence electrons. The van der Waals surface area contributed by atoms with Crippen LogP contribution < -0.4 is 10.5 Å². The zero-order valence-electron chi connectivity index (χ0n) is 7.55. The van der Waals surface area contributed by atoms with Crippen molar-refractivity contribution in [3.63, 3.8) is 0 Å². The van der Waals surface area contributed by atoms with E-state index in [9.17, 15) is 8.78 Å². The summed E-state index contributed by atoms with van der Waals surface area (Å²) in [4.78, 5) is 0. The molecule has 0 aliphatic heterocycles. The van der Waals surface area contributed by atoms with Gasteiger partial charge in [0.05, 0.1) is 7.11 Å². The topological polar surface area (TPSA) is 59.1 Å². The normalized spacial score (nSPS) is 11.1. The lowest BCUT2D eigenvalue weighted by atomic mass is 10.1. The van der Waals surface area contributed by atoms with E-state index in [1.165, 1.54) is 31.4 Å². The largest absolute Gasteiger partial charge is 0.497 e. The Bertz CT molecular complexity index is 335. The Balaban J connectivity index is 3.02. The number of rotatable bonds is 3. The second-order valence-electron chi connectivity index (χ2n) is 2.72. The van der Waals surface area contributed by atoms with Crippen molar-refractivity contribution >= 4 is 5.84 Å². The predicted molar refractivity (Wildman–Crippen MR) is 48.8 cm³/mol. The Morgan fingerprint density at radius 1 is 1.36 bits per heavy atom. The van der Waals surface area contributed by atoms with Crippen LogP contribution in [0.1, 0.15) is 5.56 Å². The molecule has 5 heteroatoms. The zero-order chi connectivity index (χ0) is 10.8. The molecule has 3 nitrogen and oxygen atoms in total. The number of halogens is 2. The third kappa shape index (κ3) is 1.81. The minimum atomic E-state index is -3.41. The van der Waals surface area contributed by atoms with E-state index in [1.54, 1.807) is 0 Å². The minimum absolute atomic E-state index is 0.314. The van der Waals surface area contributed by atoms with E-state index in [4.69, 9.17) is 15.9 Å². The summed E-state index contributed by atoms with van der Waals surface area (Å²) < 4.78 is 31.1. The fourth-order valence-corrected chi connectivity index (χ4v) is 0.956. The van der Waals surface area contributed by atoms with E-state index in [0.29, 0.717) is 5.75 Å². The molecule has 0 spiro atoms. The van der Waals surface area contributed by atoms with Gasteiger partial charge in [-0.05, 0) is 24.3 Å². The van der Waals surface area contributed by atoms with E-state index < -0.39 is 11.8 Å². The molecule has 0 amide bonds. The van der Waals surface area contributed by atoms with Crippen LogP contribution in [0.4, 0.5) is 8.78 Å². The van der Waals surface area contributed by atoms with Crippen molar-refractivity contribution in [1.82, 2.24) is 0 Å². The fourth-order valence-electron chi connectivity index (χ4n) is 0.956. The lowest BCUT2D eigenvalue weighted by molar-refractivity contribution is 0.0734. The van der Waals surface area contributed by atoms with Crippen LogP contribution in [0.3, 0.4) is 0 Å². The van der Waals surface area contributed by atoms with E-state index >= 15 is 0 Å². The van der Waals surface area contributed by atoms with Gasteiger partial charge in [0.15, 0.2) is 5.84 Å². The molecule has 0 atom stereocenters. The van der Waals surface area contributed by atoms with E-state index in [2.05, 4.69) is 0 Å². The van der Waals surface area contributed by atoms with Crippen LogP contribution in [0.15, 0.2) is 24.3 Å². The molecule has 1 rings (SSSR count). The Morgan fingerprint density at radius 3 is 2.21 bits per heavy atom. The molecule has 0 unspecified atom stereocenters. The Morgan fingerprint density at radius 2 is 1.86 bits per heavy atom. The first kappa shape index (κ1) is 10.4. The smallest absolute Gasteiger partial charge is 0.328 e. The van der Waals surface area contributed by atoms with Crippen molar-refractivity contribution in [2.45, 2.75) is 5.92 Å². The third-order valence-electron chi connectivity index (χ3n) is 1.79. The van der Waals surface area contributed by atoms with Gasteiger partial charge in [0.2, 0.25) is 0 Å². The highest BCUT2D eigenvalue weighted by molar-refractivity contribution is 5.85. The summed E-state index contributed by atoms with van der Waals surface area (Å²) in [6.07, 6.45) is 0. The van der Waals surface area contributed by atoms with Crippen LogP contribution >= 0.6 is 0 Å². The number of alkyl halides is 2. The van der Waals surface area contributed by atoms with Crippen LogP contribution in [-0.4, -0.2) is 12.9 Å². The third-order valence-corrected chi connectivity index (χ3v) is 1.79. The highest BCUT2D eigenvalue weighted by atomic mass is 19.3. The first-order chi connectivity index (χ1) is 6.48. The van der Waals surface area contributed by atoms with Crippen LogP contribution in [0.5, 0.6) is 5.75 Å². The predicted octanol–water partition coefficient (Wildman–Crippen LogP) is 1.72. The molecule has 1 aromatic carbocycles. The molecule has 0 heterocycles. The second kappa shape index (κ2) is 3.61. The number of nitrogens with one attached hydrogen (secondary N) is 1. The maximum Gasteiger partial charge on any atom is 0.328 e. The van der Waals surface area contributed by atoms with Gasteiger partial charge in [0, 0.05) is 5.56 Å². The maximum absolute atomic E-state index is 13.1. The maximum atomic E-state index is 13.1. The van der Waals surface area contributed by atoms with Gasteiger partial charge in [-0.25, -0.2) is 0 Å². The number of hydrogen-bond acceptors (Lipinski definition) is 2. The molecular weight excluding hydrogens is 190 g/mol. The second-order valence-corrected chi connectivity index (χ2v) is 2.72. The summed E-state index contributed by atoms with van der Waals surface area (Å²) in [7, 11) is 1.44. The van der Waals surface area contributed by atoms with Crippen molar-refractivity contribution < 1.29 is 13.5 Å². The average molecular weight is 200 g/mol. The SMILES string of the molecule is COc1ccc(C(F)(F)C(=N)N)cc1. The van der Waals surface area contributed by atoms with Crippen molar-refractivity contribution in [2.24, 2.45) is 5.73 Å². The average Bonchev–Trinajstić information content (AvgIpc) is 2.17. The first-order valence-electron chi connectivity index (χ1n) is 3.85. The molecule has 1 aromatic rings. The van der Waals surface area contributed by atoms with Crippen molar-refractivity contribution in [3.05, 3.63) is 29.8 Å². The Labute approximate surface area is 80.0 Å². The minimum Gasteiger partial charge on any atom is -0.497 e. The number of amidine groups is 1. The number of methoxy groups -OCH3 is 1. The number of hydrogen-bond donors (Lipinski definition) is 2. The lowest BCUT2D eigenvalue weighted by Crippen LogP contribution is -2.32. The van der Waals surface area contributed by atoms with Crippen molar-refractivity contribution in [3.8, 4) is 5.75 Å². The van der Waals surface area contributed by atoms with E-state index in [0.717, 1.165) is 0 Å². The van der Waals surface area contributed by atoms with Gasteiger partial charge in [-0.15, -0.1) is 0 Å². The van der Waals surface area contributed by atoms with E-state index in [1.807, 2.05) is 0 Å². The molecule has 0 aliphatic rings. The van der Waals surface area contributed by atoms with Crippen molar-refractivity contribution in [2.75, 3.05) is 7.11 Å². The van der Waals surface area contributed by atoms with Gasteiger partial charge in [0.25, 0.3) is 0 Å². The molecule has 14 heavy (non-hydrogen) atoms. The summed E-state index contributed by atoms with van der Waals surface area (Å²) in [5.74, 6) is -4.09. The summed E-state index contributed by atoms with van der Waals surface area (Å²) >= 11 is 0. The van der Waals surface area contributed by atoms with Gasteiger partial charge < -0.3 is 10.5 Å². The molecule has 0 bridgehead atoms. The van der Waals surface area contributed by atoms with Gasteiger partial charge in [-0.3, -0.25) is 5.41 Å². The van der Waals surface area contributed by atoms with E-state index in [-0.39, 0.29) is 5.56 Å². The molecule has 0 radical (unpaired) electrons. The number of ether oxygens (including phenoxy) is 1. The lowest BCUT2D eigenvalue weighted by Gasteiger charge is -2.14. The Kier molecular flexibility index (Phi) is 2.69. The summed E-state index contributed by atoms with van der Waals surface area (Å²) in [6, 6.07) is 5.15. The quantitative estimate of drug-likeness (QED) is 0.576. The van der Waals surface area contributed by atoms with Gasteiger partial charge >= 0.3 is 5.92 Å². The van der Waals surface area contributed by atoms with Crippen LogP contribution in [-0.2, 0) is 5.92 Å². The summed E-state index contributed by atoms with van der Waals surface area (Å²) in [5.41, 5.74) is 4.46. The molecule has 0 saturated carbocycles. The van der Waals surface area contributed by atoms with Crippen molar-refractivity contribution in [1.29, 1.82) is 5.41 Å². The standard InChI is InChI=1S/C9H10F2N2O/c1-14-7-4-2-6(3-5-7)9(10,11)8(12)13/h2-5H,1H3,(H3,12,13). The highest BCUT2D eigenvalue weighted by Gasteiger charge is 2.35. The number of benzene rings is 1. The van der Waals surface area contributed by atoms with Crippen LogP contribution in [0.2, 0.25) is 0 Å². The van der Waals surface area contributed by atoms with Crippen LogP contribution in [0, 0.1) is 5.41 Å². The van der Waals surface area contributed by atoms with Gasteiger partial charge in [0.1, 0.15) is 5.75 Å². The fraction of sp³-hybridized carbons (Fsp3) is 0.222. The molecule has 0 saturated heterocycles. The number of nitrogens with two attached hydrogens (primary N) is 1. The molecular formula is C9H10F2N2O. The first-order valence-corrected chi connectivity index (χ1v) is 3.85. The molecule has 0 fully saturated rings. The summed E-state index contributed by atoms with van der Waals surface area (Å²) in [6.45, 7) is 0. The monoisotopic (exact) mass is 200 g/mol. The Hall–Kier alpha value is -1.65. The molecule has 0 aliphatic carbocycles. The zero-order valence-corrected chi connectivity index (χ0v) is 7.55. The molecule has 3 N–H and O–H groups in total. The van der Waals surface area contributed by atoms with Gasteiger partial charge in [-0.1, -0.05) is 0 Å². The summed E-state index contributed by atoms with van der Waals surface area (Å²) in [5, 5.41) is 6.73. The highest BCUT2D eigenvalue weighted by Crippen LogP contribution is 2.28. The van der Waals surface area contributed by atoms with Gasteiger partial charge in [-0.2, -0.15) is 8.78 Å². The van der Waals surface area contributed by atoms with Crippen LogP contribution in [0.25, 0.3) is 0 Å². The molecule has 0 aromatic heterocycles.